The van der Waals surface area contributed by atoms with E-state index in [0.29, 0.717) is 17.0 Å². The van der Waals surface area contributed by atoms with Crippen LogP contribution in [0.5, 0.6) is 5.75 Å². The molecule has 34 heavy (non-hydrogen) atoms. The number of hydrogen-bond acceptors (Lipinski definition) is 7. The Morgan fingerprint density at radius 3 is 2.18 bits per heavy atom. The van der Waals surface area contributed by atoms with Crippen LogP contribution in [0.4, 0.5) is 5.69 Å². The summed E-state index contributed by atoms with van der Waals surface area (Å²) in [5.41, 5.74) is 3.36. The van der Waals surface area contributed by atoms with Gasteiger partial charge in [-0.3, -0.25) is 9.10 Å². The Kier molecular flexibility index (Phi) is 8.36. The summed E-state index contributed by atoms with van der Waals surface area (Å²) >= 11 is 0. The third kappa shape index (κ3) is 6.66. The zero-order chi connectivity index (χ0) is 24.4. The molecule has 1 N–H and O–H groups in total. The Morgan fingerprint density at radius 2 is 1.56 bits per heavy atom. The van der Waals surface area contributed by atoms with Gasteiger partial charge in [0, 0.05) is 0 Å². The Labute approximate surface area is 197 Å². The van der Waals surface area contributed by atoms with E-state index in [1.54, 1.807) is 72.8 Å². The zero-order valence-electron chi connectivity index (χ0n) is 18.3. The van der Waals surface area contributed by atoms with Gasteiger partial charge in [-0.1, -0.05) is 36.4 Å². The number of amides is 1. The summed E-state index contributed by atoms with van der Waals surface area (Å²) in [6, 6.07) is 22.9. The normalized spacial score (nSPS) is 11.1. The number of carbonyl (C=O) groups excluding carboxylic acids is 2. The van der Waals surface area contributed by atoms with Gasteiger partial charge >= 0.3 is 5.97 Å². The van der Waals surface area contributed by atoms with E-state index in [4.69, 9.17) is 4.74 Å². The molecule has 0 bridgehead atoms. The first-order chi connectivity index (χ1) is 16.4. The number of esters is 1. The molecule has 3 rings (SSSR count). The van der Waals surface area contributed by atoms with Gasteiger partial charge in [0.15, 0.2) is 6.61 Å². The predicted octanol–water partition coefficient (Wildman–Crippen LogP) is 2.58. The highest BCUT2D eigenvalue weighted by Crippen LogP contribution is 2.23. The Morgan fingerprint density at radius 1 is 0.941 bits per heavy atom. The van der Waals surface area contributed by atoms with Gasteiger partial charge in [-0.15, -0.1) is 0 Å². The second-order valence-corrected chi connectivity index (χ2v) is 8.75. The van der Waals surface area contributed by atoms with Crippen LogP contribution in [0.3, 0.4) is 0 Å². The summed E-state index contributed by atoms with van der Waals surface area (Å²) in [6.45, 7) is -0.664. The number of benzene rings is 3. The number of nitrogens with one attached hydrogen (secondary N) is 1. The molecule has 0 aliphatic carbocycles. The summed E-state index contributed by atoms with van der Waals surface area (Å²) < 4.78 is 37.1. The summed E-state index contributed by atoms with van der Waals surface area (Å²) in [7, 11) is -2.70. The van der Waals surface area contributed by atoms with Gasteiger partial charge in [-0.25, -0.2) is 18.6 Å². The number of ether oxygens (including phenoxy) is 2. The van der Waals surface area contributed by atoms with Crippen LogP contribution < -0.4 is 14.5 Å². The van der Waals surface area contributed by atoms with Crippen LogP contribution in [0.2, 0.25) is 0 Å². The molecule has 0 saturated carbocycles. The minimum absolute atomic E-state index is 0.0738. The quantitative estimate of drug-likeness (QED) is 0.270. The molecule has 0 spiro atoms. The van der Waals surface area contributed by atoms with Gasteiger partial charge in [0.2, 0.25) is 0 Å². The Bertz CT molecular complexity index is 1230. The third-order valence-corrected chi connectivity index (χ3v) is 6.32. The maximum atomic E-state index is 13.2. The fraction of sp³-hybridized carbons (Fsp3) is 0.125. The third-order valence-electron chi connectivity index (χ3n) is 4.53. The van der Waals surface area contributed by atoms with Crippen LogP contribution in [0.15, 0.2) is 94.9 Å². The highest BCUT2D eigenvalue weighted by molar-refractivity contribution is 7.92. The summed E-state index contributed by atoms with van der Waals surface area (Å²) in [4.78, 5) is 23.7. The van der Waals surface area contributed by atoms with Crippen molar-refractivity contribution in [1.29, 1.82) is 0 Å². The van der Waals surface area contributed by atoms with Crippen LogP contribution >= 0.6 is 0 Å². The van der Waals surface area contributed by atoms with E-state index >= 15 is 0 Å². The average Bonchev–Trinajstić information content (AvgIpc) is 2.87. The molecule has 3 aromatic carbocycles. The fourth-order valence-corrected chi connectivity index (χ4v) is 4.27. The van der Waals surface area contributed by atoms with E-state index in [9.17, 15) is 18.0 Å². The van der Waals surface area contributed by atoms with Crippen LogP contribution in [0.25, 0.3) is 0 Å². The van der Waals surface area contributed by atoms with Gasteiger partial charge < -0.3 is 9.47 Å². The largest absolute Gasteiger partial charge is 0.482 e. The molecular weight excluding hydrogens is 458 g/mol. The minimum atomic E-state index is -3.97. The van der Waals surface area contributed by atoms with Crippen molar-refractivity contribution in [2.75, 3.05) is 24.6 Å². The number of sulfonamides is 1. The predicted molar refractivity (Wildman–Crippen MR) is 127 cm³/mol. The Balaban J connectivity index is 1.66. The van der Waals surface area contributed by atoms with Gasteiger partial charge in [-0.2, -0.15) is 5.10 Å². The lowest BCUT2D eigenvalue weighted by molar-refractivity contribution is -0.142. The lowest BCUT2D eigenvalue weighted by Crippen LogP contribution is -2.39. The molecule has 0 atom stereocenters. The number of methoxy groups -OCH3 is 1. The number of anilines is 1. The van der Waals surface area contributed by atoms with E-state index in [1.165, 1.54) is 25.5 Å². The van der Waals surface area contributed by atoms with E-state index in [2.05, 4.69) is 15.3 Å². The summed E-state index contributed by atoms with van der Waals surface area (Å²) in [5.74, 6) is -0.638. The molecule has 0 aliphatic rings. The average molecular weight is 482 g/mol. The lowest BCUT2D eigenvalue weighted by atomic mass is 10.2. The molecule has 0 aromatic heterocycles. The standard InChI is InChI=1S/C24H23N3O6S/c1-32-24(29)18-33-21-14-12-19(13-15-21)16-25-26-23(28)17-27(20-8-4-2-5-9-20)34(30,31)22-10-6-3-7-11-22/h2-16H,17-18H2,1H3,(H,26,28)/b25-16-. The SMILES string of the molecule is COC(=O)COc1ccc(/C=N\NC(=O)CN(c2ccccc2)S(=O)(=O)c2ccccc2)cc1. The first-order valence-electron chi connectivity index (χ1n) is 10.1. The van der Waals surface area contributed by atoms with Crippen molar-refractivity contribution in [2.24, 2.45) is 5.10 Å². The van der Waals surface area contributed by atoms with Crippen LogP contribution in [-0.2, 0) is 24.3 Å². The van der Waals surface area contributed by atoms with E-state index in [-0.39, 0.29) is 11.5 Å². The van der Waals surface area contributed by atoms with Gasteiger partial charge in [0.25, 0.3) is 15.9 Å². The number of rotatable bonds is 10. The van der Waals surface area contributed by atoms with E-state index in [0.717, 1.165) is 4.31 Å². The number of carbonyl (C=O) groups is 2. The molecule has 0 heterocycles. The number of hydrazone groups is 1. The molecule has 0 fully saturated rings. The van der Waals surface area contributed by atoms with E-state index in [1.807, 2.05) is 0 Å². The summed E-state index contributed by atoms with van der Waals surface area (Å²) in [6.07, 6.45) is 1.40. The van der Waals surface area contributed by atoms with E-state index < -0.39 is 28.4 Å². The Hall–Kier alpha value is -4.18. The lowest BCUT2D eigenvalue weighted by Gasteiger charge is -2.23. The highest BCUT2D eigenvalue weighted by Gasteiger charge is 2.26. The molecule has 0 aliphatic heterocycles. The molecule has 0 unspecified atom stereocenters. The zero-order valence-corrected chi connectivity index (χ0v) is 19.1. The van der Waals surface area contributed by atoms with Crippen molar-refractivity contribution >= 4 is 33.8 Å². The number of hydrogen-bond donors (Lipinski definition) is 1. The van der Waals surface area contributed by atoms with Crippen molar-refractivity contribution in [1.82, 2.24) is 5.43 Å². The topological polar surface area (TPSA) is 114 Å². The van der Waals surface area contributed by atoms with Crippen molar-refractivity contribution in [2.45, 2.75) is 4.90 Å². The van der Waals surface area contributed by atoms with Crippen LogP contribution in [0.1, 0.15) is 5.56 Å². The molecule has 0 saturated heterocycles. The molecule has 9 nitrogen and oxygen atoms in total. The number of nitrogens with zero attached hydrogens (tertiary/aromatic N) is 2. The monoisotopic (exact) mass is 481 g/mol. The second kappa shape index (κ2) is 11.6. The number of para-hydroxylation sites is 1. The van der Waals surface area contributed by atoms with Crippen molar-refractivity contribution in [3.8, 4) is 5.75 Å². The maximum absolute atomic E-state index is 13.2. The van der Waals surface area contributed by atoms with Gasteiger partial charge in [-0.05, 0) is 54.1 Å². The van der Waals surface area contributed by atoms with Crippen molar-refractivity contribution in [3.63, 3.8) is 0 Å². The minimum Gasteiger partial charge on any atom is -0.482 e. The first-order valence-corrected chi connectivity index (χ1v) is 11.6. The molecular formula is C24H23N3O6S. The van der Waals surface area contributed by atoms with Crippen molar-refractivity contribution < 1.29 is 27.5 Å². The molecule has 10 heteroatoms. The van der Waals surface area contributed by atoms with Gasteiger partial charge in [0.05, 0.1) is 23.9 Å². The van der Waals surface area contributed by atoms with Crippen molar-refractivity contribution in [3.05, 3.63) is 90.5 Å². The highest BCUT2D eigenvalue weighted by atomic mass is 32.2. The van der Waals surface area contributed by atoms with Gasteiger partial charge in [0.1, 0.15) is 12.3 Å². The van der Waals surface area contributed by atoms with Crippen LogP contribution in [0, 0.1) is 0 Å². The molecule has 0 radical (unpaired) electrons. The second-order valence-electron chi connectivity index (χ2n) is 6.89. The molecule has 1 amide bonds. The first kappa shape index (κ1) is 24.5. The summed E-state index contributed by atoms with van der Waals surface area (Å²) in [5, 5.41) is 3.90. The van der Waals surface area contributed by atoms with Crippen LogP contribution in [-0.4, -0.2) is 46.8 Å². The smallest absolute Gasteiger partial charge is 0.343 e. The molecule has 176 valence electrons. The molecule has 3 aromatic rings. The fourth-order valence-electron chi connectivity index (χ4n) is 2.82. The maximum Gasteiger partial charge on any atom is 0.343 e.